The van der Waals surface area contributed by atoms with Gasteiger partial charge in [-0.1, -0.05) is 18.2 Å². The van der Waals surface area contributed by atoms with Crippen LogP contribution in [0.3, 0.4) is 0 Å². The summed E-state index contributed by atoms with van der Waals surface area (Å²) in [6.45, 7) is 4.06. The van der Waals surface area contributed by atoms with Crippen molar-refractivity contribution in [3.8, 4) is 5.75 Å². The number of rotatable bonds is 5. The maximum atomic E-state index is 5.90. The van der Waals surface area contributed by atoms with Gasteiger partial charge < -0.3 is 10.1 Å². The van der Waals surface area contributed by atoms with E-state index in [4.69, 9.17) is 4.74 Å². The molecule has 1 N–H and O–H groups in total. The second-order valence-corrected chi connectivity index (χ2v) is 5.74. The van der Waals surface area contributed by atoms with Gasteiger partial charge in [0, 0.05) is 16.2 Å². The lowest BCUT2D eigenvalue weighted by Crippen LogP contribution is -2.20. The first-order valence-corrected chi connectivity index (χ1v) is 7.45. The number of nitrogens with one attached hydrogen (secondary N) is 1. The summed E-state index contributed by atoms with van der Waals surface area (Å²) in [5.41, 5.74) is 2.06. The summed E-state index contributed by atoms with van der Waals surface area (Å²) in [5.74, 6) is 0.895. The summed E-state index contributed by atoms with van der Waals surface area (Å²) in [4.78, 5) is 4.48. The van der Waals surface area contributed by atoms with Crippen molar-refractivity contribution >= 4 is 15.9 Å². The number of hydrogen-bond donors (Lipinski definition) is 1. The number of halogens is 1. The minimum absolute atomic E-state index is 0.0121. The van der Waals surface area contributed by atoms with E-state index in [2.05, 4.69) is 32.3 Å². The Morgan fingerprint density at radius 3 is 2.50 bits per heavy atom. The van der Waals surface area contributed by atoms with Crippen LogP contribution in [0.2, 0.25) is 0 Å². The lowest BCUT2D eigenvalue weighted by atomic mass is 10.0. The molecule has 4 heteroatoms. The fraction of sp³-hybridized carbons (Fsp3) is 0.312. The molecule has 1 heterocycles. The van der Waals surface area contributed by atoms with Crippen LogP contribution in [0, 0.1) is 0 Å². The fourth-order valence-electron chi connectivity index (χ4n) is 2.10. The van der Waals surface area contributed by atoms with Crippen molar-refractivity contribution in [3.63, 3.8) is 0 Å². The van der Waals surface area contributed by atoms with Crippen molar-refractivity contribution in [2.75, 3.05) is 7.05 Å². The first-order valence-electron chi connectivity index (χ1n) is 6.66. The van der Waals surface area contributed by atoms with Crippen molar-refractivity contribution in [2.45, 2.75) is 26.0 Å². The number of aromatic nitrogens is 1. The van der Waals surface area contributed by atoms with Gasteiger partial charge in [0.25, 0.3) is 0 Å². The molecule has 0 radical (unpaired) electrons. The summed E-state index contributed by atoms with van der Waals surface area (Å²) in [5, 5.41) is 3.31. The number of benzene rings is 1. The average molecular weight is 335 g/mol. The quantitative estimate of drug-likeness (QED) is 0.899. The maximum Gasteiger partial charge on any atom is 0.124 e. The Labute approximate surface area is 128 Å². The van der Waals surface area contributed by atoms with Crippen molar-refractivity contribution in [3.05, 3.63) is 58.3 Å². The third-order valence-corrected chi connectivity index (χ3v) is 3.40. The topological polar surface area (TPSA) is 34.2 Å². The van der Waals surface area contributed by atoms with Gasteiger partial charge in [-0.15, -0.1) is 0 Å². The van der Waals surface area contributed by atoms with Gasteiger partial charge in [-0.25, -0.2) is 0 Å². The van der Waals surface area contributed by atoms with Crippen LogP contribution in [0.25, 0.3) is 0 Å². The standard InChI is InChI=1S/C16H19BrN2O/c1-11(2)20-15-7-5-4-6-13(15)16(18-3)14-9-8-12(17)10-19-14/h4-11,16,18H,1-3H3. The molecule has 0 fully saturated rings. The highest BCUT2D eigenvalue weighted by atomic mass is 79.9. The van der Waals surface area contributed by atoms with Gasteiger partial charge in [0.1, 0.15) is 5.75 Å². The number of pyridine rings is 1. The molecule has 1 aromatic carbocycles. The Bertz CT molecular complexity index is 555. The monoisotopic (exact) mass is 334 g/mol. The highest BCUT2D eigenvalue weighted by Crippen LogP contribution is 2.29. The van der Waals surface area contributed by atoms with E-state index in [-0.39, 0.29) is 12.1 Å². The van der Waals surface area contributed by atoms with Crippen LogP contribution in [-0.4, -0.2) is 18.1 Å². The van der Waals surface area contributed by atoms with Gasteiger partial charge in [0.2, 0.25) is 0 Å². The average Bonchev–Trinajstić information content (AvgIpc) is 2.43. The predicted molar refractivity (Wildman–Crippen MR) is 85.0 cm³/mol. The Morgan fingerprint density at radius 1 is 1.15 bits per heavy atom. The molecule has 0 aliphatic heterocycles. The summed E-state index contributed by atoms with van der Waals surface area (Å²) in [7, 11) is 1.93. The second-order valence-electron chi connectivity index (χ2n) is 4.83. The number of ether oxygens (including phenoxy) is 1. The zero-order chi connectivity index (χ0) is 14.5. The van der Waals surface area contributed by atoms with Crippen LogP contribution in [0.4, 0.5) is 0 Å². The fourth-order valence-corrected chi connectivity index (χ4v) is 2.34. The first kappa shape index (κ1) is 15.0. The number of nitrogens with zero attached hydrogens (tertiary/aromatic N) is 1. The molecule has 0 aliphatic rings. The SMILES string of the molecule is CNC(c1ccc(Br)cn1)c1ccccc1OC(C)C. The summed E-state index contributed by atoms with van der Waals surface area (Å²) in [6, 6.07) is 12.1. The van der Waals surface area contributed by atoms with Crippen molar-refractivity contribution in [2.24, 2.45) is 0 Å². The molecule has 1 unspecified atom stereocenters. The van der Waals surface area contributed by atoms with E-state index < -0.39 is 0 Å². The van der Waals surface area contributed by atoms with E-state index in [9.17, 15) is 0 Å². The van der Waals surface area contributed by atoms with Crippen molar-refractivity contribution in [1.29, 1.82) is 0 Å². The Hall–Kier alpha value is -1.39. The van der Waals surface area contributed by atoms with Crippen LogP contribution in [0.5, 0.6) is 5.75 Å². The zero-order valence-electron chi connectivity index (χ0n) is 11.9. The van der Waals surface area contributed by atoms with Crippen LogP contribution < -0.4 is 10.1 Å². The predicted octanol–water partition coefficient (Wildman–Crippen LogP) is 3.94. The molecule has 0 saturated carbocycles. The van der Waals surface area contributed by atoms with E-state index in [0.29, 0.717) is 0 Å². The highest BCUT2D eigenvalue weighted by molar-refractivity contribution is 9.10. The van der Waals surface area contributed by atoms with Gasteiger partial charge in [-0.05, 0) is 55.0 Å². The molecule has 1 aromatic heterocycles. The highest BCUT2D eigenvalue weighted by Gasteiger charge is 2.18. The molecule has 0 bridgehead atoms. The molecule has 1 atom stereocenters. The van der Waals surface area contributed by atoms with Crippen molar-refractivity contribution in [1.82, 2.24) is 10.3 Å². The Kier molecular flexibility index (Phi) is 5.15. The summed E-state index contributed by atoms with van der Waals surface area (Å²) < 4.78 is 6.87. The minimum atomic E-state index is 0.0121. The molecule has 20 heavy (non-hydrogen) atoms. The van der Waals surface area contributed by atoms with Gasteiger partial charge in [0.15, 0.2) is 0 Å². The molecule has 2 rings (SSSR count). The van der Waals surface area contributed by atoms with E-state index in [1.807, 2.05) is 57.4 Å². The second kappa shape index (κ2) is 6.86. The van der Waals surface area contributed by atoms with Crippen LogP contribution in [0.15, 0.2) is 47.1 Å². The van der Waals surface area contributed by atoms with E-state index in [1.165, 1.54) is 0 Å². The number of para-hydroxylation sites is 1. The molecule has 106 valence electrons. The molecule has 0 aliphatic carbocycles. The summed E-state index contributed by atoms with van der Waals surface area (Å²) in [6.07, 6.45) is 1.96. The first-order chi connectivity index (χ1) is 9.61. The normalized spacial score (nSPS) is 12.4. The molecule has 2 aromatic rings. The molecule has 0 saturated heterocycles. The smallest absolute Gasteiger partial charge is 0.124 e. The number of hydrogen-bond acceptors (Lipinski definition) is 3. The van der Waals surface area contributed by atoms with Gasteiger partial charge >= 0.3 is 0 Å². The third kappa shape index (κ3) is 3.58. The minimum Gasteiger partial charge on any atom is -0.491 e. The lowest BCUT2D eigenvalue weighted by Gasteiger charge is -2.21. The van der Waals surface area contributed by atoms with E-state index >= 15 is 0 Å². The summed E-state index contributed by atoms with van der Waals surface area (Å²) >= 11 is 3.41. The largest absolute Gasteiger partial charge is 0.491 e. The van der Waals surface area contributed by atoms with Crippen LogP contribution in [-0.2, 0) is 0 Å². The van der Waals surface area contributed by atoms with Crippen LogP contribution in [0.1, 0.15) is 31.1 Å². The van der Waals surface area contributed by atoms with Crippen LogP contribution >= 0.6 is 15.9 Å². The van der Waals surface area contributed by atoms with E-state index in [0.717, 1.165) is 21.5 Å². The molecule has 0 amide bonds. The van der Waals surface area contributed by atoms with Crippen molar-refractivity contribution < 1.29 is 4.74 Å². The molecular formula is C16H19BrN2O. The van der Waals surface area contributed by atoms with E-state index in [1.54, 1.807) is 0 Å². The van der Waals surface area contributed by atoms with Gasteiger partial charge in [-0.3, -0.25) is 4.98 Å². The lowest BCUT2D eigenvalue weighted by molar-refractivity contribution is 0.238. The van der Waals surface area contributed by atoms with Gasteiger partial charge in [-0.2, -0.15) is 0 Å². The molecule has 0 spiro atoms. The Morgan fingerprint density at radius 2 is 1.90 bits per heavy atom. The molecular weight excluding hydrogens is 316 g/mol. The zero-order valence-corrected chi connectivity index (χ0v) is 13.5. The third-order valence-electron chi connectivity index (χ3n) is 2.93. The van der Waals surface area contributed by atoms with Gasteiger partial charge in [0.05, 0.1) is 17.8 Å². The Balaban J connectivity index is 2.38. The maximum absolute atomic E-state index is 5.90. The molecule has 3 nitrogen and oxygen atoms in total.